The van der Waals surface area contributed by atoms with Crippen LogP contribution in [0.25, 0.3) is 0 Å². The SMILES string of the molecule is CCc1nc(CC)n(CC(N)(C(=O)OC)C2CC2)n1. The first-order valence-electron chi connectivity index (χ1n) is 6.85. The number of carbonyl (C=O) groups excluding carboxylic acids is 1. The number of aryl methyl sites for hydroxylation is 2. The van der Waals surface area contributed by atoms with Gasteiger partial charge >= 0.3 is 5.97 Å². The normalized spacial score (nSPS) is 18.1. The molecule has 0 aromatic carbocycles. The molecule has 0 radical (unpaired) electrons. The van der Waals surface area contributed by atoms with E-state index in [0.717, 1.165) is 37.3 Å². The van der Waals surface area contributed by atoms with Gasteiger partial charge in [0.25, 0.3) is 0 Å². The van der Waals surface area contributed by atoms with Crippen LogP contribution in [-0.4, -0.2) is 33.4 Å². The molecule has 1 aromatic heterocycles. The van der Waals surface area contributed by atoms with Gasteiger partial charge in [0, 0.05) is 12.8 Å². The maximum absolute atomic E-state index is 12.0. The Labute approximate surface area is 113 Å². The van der Waals surface area contributed by atoms with Gasteiger partial charge in [-0.05, 0) is 18.8 Å². The lowest BCUT2D eigenvalue weighted by Crippen LogP contribution is -2.54. The van der Waals surface area contributed by atoms with Crippen LogP contribution in [0.15, 0.2) is 0 Å². The molecular weight excluding hydrogens is 244 g/mol. The minimum Gasteiger partial charge on any atom is -0.468 e. The Bertz CT molecular complexity index is 467. The topological polar surface area (TPSA) is 83.0 Å². The fourth-order valence-corrected chi connectivity index (χ4v) is 2.36. The van der Waals surface area contributed by atoms with Gasteiger partial charge in [0.05, 0.1) is 13.7 Å². The minimum absolute atomic E-state index is 0.193. The molecule has 2 rings (SSSR count). The number of nitrogens with zero attached hydrogens (tertiary/aromatic N) is 3. The van der Waals surface area contributed by atoms with Gasteiger partial charge in [-0.25, -0.2) is 14.5 Å². The summed E-state index contributed by atoms with van der Waals surface area (Å²) in [5, 5.41) is 4.43. The van der Waals surface area contributed by atoms with Crippen LogP contribution in [0.4, 0.5) is 0 Å². The van der Waals surface area contributed by atoms with Crippen LogP contribution in [0.3, 0.4) is 0 Å². The van der Waals surface area contributed by atoms with E-state index < -0.39 is 5.54 Å². The van der Waals surface area contributed by atoms with Crippen molar-refractivity contribution in [2.75, 3.05) is 7.11 Å². The molecule has 1 atom stereocenters. The molecule has 0 saturated heterocycles. The van der Waals surface area contributed by atoms with Gasteiger partial charge in [-0.15, -0.1) is 0 Å². The monoisotopic (exact) mass is 266 g/mol. The number of rotatable bonds is 6. The number of hydrogen-bond donors (Lipinski definition) is 1. The molecule has 19 heavy (non-hydrogen) atoms. The van der Waals surface area contributed by atoms with E-state index in [1.807, 2.05) is 13.8 Å². The molecule has 0 amide bonds. The lowest BCUT2D eigenvalue weighted by atomic mass is 9.94. The summed E-state index contributed by atoms with van der Waals surface area (Å²) < 4.78 is 6.64. The van der Waals surface area contributed by atoms with Crippen LogP contribution in [0, 0.1) is 5.92 Å². The van der Waals surface area contributed by atoms with Crippen molar-refractivity contribution in [2.45, 2.75) is 51.6 Å². The van der Waals surface area contributed by atoms with E-state index >= 15 is 0 Å². The van der Waals surface area contributed by atoms with Crippen molar-refractivity contribution >= 4 is 5.97 Å². The summed E-state index contributed by atoms with van der Waals surface area (Å²) in [6.07, 6.45) is 3.50. The van der Waals surface area contributed by atoms with E-state index in [1.54, 1.807) is 4.68 Å². The van der Waals surface area contributed by atoms with Crippen molar-refractivity contribution < 1.29 is 9.53 Å². The van der Waals surface area contributed by atoms with Gasteiger partial charge in [0.2, 0.25) is 0 Å². The van der Waals surface area contributed by atoms with Crippen molar-refractivity contribution in [1.29, 1.82) is 0 Å². The Kier molecular flexibility index (Phi) is 3.89. The molecule has 0 bridgehead atoms. The highest BCUT2D eigenvalue weighted by Crippen LogP contribution is 2.39. The number of esters is 1. The molecule has 0 aliphatic heterocycles. The number of ether oxygens (including phenoxy) is 1. The van der Waals surface area contributed by atoms with Crippen molar-refractivity contribution in [2.24, 2.45) is 11.7 Å². The fourth-order valence-electron chi connectivity index (χ4n) is 2.36. The van der Waals surface area contributed by atoms with Crippen LogP contribution in [0.1, 0.15) is 38.3 Å². The lowest BCUT2D eigenvalue weighted by molar-refractivity contribution is -0.148. The molecule has 1 aliphatic carbocycles. The Morgan fingerprint density at radius 2 is 2.16 bits per heavy atom. The quantitative estimate of drug-likeness (QED) is 0.766. The molecule has 6 heteroatoms. The molecule has 1 saturated carbocycles. The zero-order valence-electron chi connectivity index (χ0n) is 11.8. The molecule has 6 nitrogen and oxygen atoms in total. The van der Waals surface area contributed by atoms with Crippen molar-refractivity contribution in [3.05, 3.63) is 11.6 Å². The predicted octanol–water partition coefficient (Wildman–Crippen LogP) is 0.683. The maximum Gasteiger partial charge on any atom is 0.328 e. The van der Waals surface area contributed by atoms with Gasteiger partial charge in [0.1, 0.15) is 11.4 Å². The molecule has 106 valence electrons. The number of carbonyl (C=O) groups is 1. The minimum atomic E-state index is -0.975. The second-order valence-corrected chi connectivity index (χ2v) is 5.12. The van der Waals surface area contributed by atoms with Crippen LogP contribution in [0.2, 0.25) is 0 Å². The molecule has 1 aromatic rings. The van der Waals surface area contributed by atoms with Crippen molar-refractivity contribution in [3.8, 4) is 0 Å². The number of hydrogen-bond acceptors (Lipinski definition) is 5. The smallest absolute Gasteiger partial charge is 0.328 e. The summed E-state index contributed by atoms with van der Waals surface area (Å²) in [4.78, 5) is 16.4. The summed E-state index contributed by atoms with van der Waals surface area (Å²) in [6, 6.07) is 0. The molecule has 1 unspecified atom stereocenters. The Balaban J connectivity index is 2.26. The first-order chi connectivity index (χ1) is 9.05. The van der Waals surface area contributed by atoms with Gasteiger partial charge in [0.15, 0.2) is 5.82 Å². The molecular formula is C13H22N4O2. The fraction of sp³-hybridized carbons (Fsp3) is 0.769. The van der Waals surface area contributed by atoms with Crippen LogP contribution in [0.5, 0.6) is 0 Å². The Morgan fingerprint density at radius 3 is 2.63 bits per heavy atom. The van der Waals surface area contributed by atoms with E-state index in [0.29, 0.717) is 6.54 Å². The van der Waals surface area contributed by atoms with Crippen molar-refractivity contribution in [1.82, 2.24) is 14.8 Å². The molecule has 0 spiro atoms. The van der Waals surface area contributed by atoms with Crippen molar-refractivity contribution in [3.63, 3.8) is 0 Å². The summed E-state index contributed by atoms with van der Waals surface area (Å²) in [7, 11) is 1.38. The molecule has 1 aliphatic rings. The first-order valence-corrected chi connectivity index (χ1v) is 6.85. The first kappa shape index (κ1) is 14.0. The summed E-state index contributed by atoms with van der Waals surface area (Å²) in [5.41, 5.74) is 5.33. The van der Waals surface area contributed by atoms with Gasteiger partial charge in [-0.2, -0.15) is 5.10 Å². The summed E-state index contributed by atoms with van der Waals surface area (Å²) in [5.74, 6) is 1.50. The third kappa shape index (κ3) is 2.63. The number of nitrogens with two attached hydrogens (primary N) is 1. The van der Waals surface area contributed by atoms with E-state index in [9.17, 15) is 4.79 Å². The lowest BCUT2D eigenvalue weighted by Gasteiger charge is -2.26. The second-order valence-electron chi connectivity index (χ2n) is 5.12. The zero-order valence-corrected chi connectivity index (χ0v) is 11.8. The Morgan fingerprint density at radius 1 is 1.47 bits per heavy atom. The average molecular weight is 266 g/mol. The van der Waals surface area contributed by atoms with E-state index in [1.165, 1.54) is 7.11 Å². The highest BCUT2D eigenvalue weighted by Gasteiger charge is 2.49. The zero-order chi connectivity index (χ0) is 14.0. The molecule has 2 N–H and O–H groups in total. The van der Waals surface area contributed by atoms with Crippen LogP contribution in [-0.2, 0) is 28.9 Å². The maximum atomic E-state index is 12.0. The van der Waals surface area contributed by atoms with Crippen LogP contribution >= 0.6 is 0 Å². The van der Waals surface area contributed by atoms with E-state index in [-0.39, 0.29) is 11.9 Å². The second kappa shape index (κ2) is 5.28. The third-order valence-corrected chi connectivity index (χ3v) is 3.71. The number of methoxy groups -OCH3 is 1. The Hall–Kier alpha value is -1.43. The molecule has 1 fully saturated rings. The van der Waals surface area contributed by atoms with Gasteiger partial charge < -0.3 is 10.5 Å². The van der Waals surface area contributed by atoms with E-state index in [4.69, 9.17) is 10.5 Å². The average Bonchev–Trinajstić information content (AvgIpc) is 3.20. The van der Waals surface area contributed by atoms with Crippen LogP contribution < -0.4 is 5.73 Å². The summed E-state index contributed by atoms with van der Waals surface area (Å²) in [6.45, 7) is 4.38. The van der Waals surface area contributed by atoms with Gasteiger partial charge in [-0.1, -0.05) is 13.8 Å². The van der Waals surface area contributed by atoms with Gasteiger partial charge in [-0.3, -0.25) is 0 Å². The highest BCUT2D eigenvalue weighted by molar-refractivity contribution is 5.81. The largest absolute Gasteiger partial charge is 0.468 e. The predicted molar refractivity (Wildman–Crippen MR) is 70.4 cm³/mol. The molecule has 1 heterocycles. The summed E-state index contributed by atoms with van der Waals surface area (Å²) >= 11 is 0. The standard InChI is InChI=1S/C13H22N4O2/c1-4-10-15-11(5-2)17(16-10)8-13(14,9-6-7-9)12(18)19-3/h9H,4-8,14H2,1-3H3. The third-order valence-electron chi connectivity index (χ3n) is 3.71. The number of aromatic nitrogens is 3. The van der Waals surface area contributed by atoms with E-state index in [2.05, 4.69) is 10.1 Å². The highest BCUT2D eigenvalue weighted by atomic mass is 16.5.